The first-order valence-corrected chi connectivity index (χ1v) is 9.28. The Bertz CT molecular complexity index is 708. The van der Waals surface area contributed by atoms with Crippen LogP contribution in [0, 0.1) is 5.92 Å². The summed E-state index contributed by atoms with van der Waals surface area (Å²) in [6, 6.07) is 10.4. The molecule has 0 saturated carbocycles. The van der Waals surface area contributed by atoms with Crippen molar-refractivity contribution in [1.82, 2.24) is 25.2 Å². The number of carbonyl (C=O) groups is 1. The van der Waals surface area contributed by atoms with Crippen LogP contribution in [0.2, 0.25) is 0 Å². The molecular formula is C19H25N5O. The van der Waals surface area contributed by atoms with Crippen molar-refractivity contribution in [3.05, 3.63) is 47.8 Å². The molecule has 2 aliphatic heterocycles. The molecule has 1 aromatic carbocycles. The van der Waals surface area contributed by atoms with Crippen LogP contribution in [0.5, 0.6) is 0 Å². The Hall–Kier alpha value is -2.21. The monoisotopic (exact) mass is 339 g/mol. The predicted octanol–water partition coefficient (Wildman–Crippen LogP) is 2.25. The van der Waals surface area contributed by atoms with Gasteiger partial charge in [-0.1, -0.05) is 35.5 Å². The highest BCUT2D eigenvalue weighted by atomic mass is 16.2. The van der Waals surface area contributed by atoms with Crippen LogP contribution in [0.25, 0.3) is 0 Å². The van der Waals surface area contributed by atoms with E-state index in [4.69, 9.17) is 0 Å². The molecule has 2 aromatic rings. The number of nitrogens with zero attached hydrogens (tertiary/aromatic N) is 4. The number of rotatable bonds is 4. The van der Waals surface area contributed by atoms with Crippen LogP contribution in [0.15, 0.2) is 36.5 Å². The zero-order chi connectivity index (χ0) is 17.1. The van der Waals surface area contributed by atoms with Crippen molar-refractivity contribution in [2.24, 2.45) is 5.92 Å². The second kappa shape index (κ2) is 7.35. The first kappa shape index (κ1) is 16.3. The van der Waals surface area contributed by atoms with Crippen molar-refractivity contribution in [2.75, 3.05) is 19.6 Å². The first-order chi connectivity index (χ1) is 12.3. The standard InChI is InChI=1S/C19H25N5O/c25-19(24-11-5-9-18(24)16-7-2-1-3-8-16)17-14-23(22-21-17)13-15-6-4-10-20-12-15/h1-3,7-8,14-15,18,20H,4-6,9-13H2/t15-,18+/m1/s1. The van der Waals surface area contributed by atoms with Gasteiger partial charge in [0.1, 0.15) is 0 Å². The van der Waals surface area contributed by atoms with Crippen molar-refractivity contribution >= 4 is 5.91 Å². The third-order valence-corrected chi connectivity index (χ3v) is 5.30. The highest BCUT2D eigenvalue weighted by molar-refractivity contribution is 5.92. The fourth-order valence-corrected chi connectivity index (χ4v) is 4.01. The average molecular weight is 339 g/mol. The number of benzene rings is 1. The lowest BCUT2D eigenvalue weighted by molar-refractivity contribution is 0.0729. The van der Waals surface area contributed by atoms with Crippen molar-refractivity contribution in [3.63, 3.8) is 0 Å². The molecule has 2 saturated heterocycles. The highest BCUT2D eigenvalue weighted by Crippen LogP contribution is 2.32. The summed E-state index contributed by atoms with van der Waals surface area (Å²) in [5.74, 6) is 0.571. The Morgan fingerprint density at radius 1 is 1.20 bits per heavy atom. The molecule has 0 unspecified atom stereocenters. The molecule has 0 aliphatic carbocycles. The zero-order valence-corrected chi connectivity index (χ0v) is 14.5. The summed E-state index contributed by atoms with van der Waals surface area (Å²) in [5, 5.41) is 11.8. The van der Waals surface area contributed by atoms with Crippen LogP contribution in [0.3, 0.4) is 0 Å². The van der Waals surface area contributed by atoms with Gasteiger partial charge in [0, 0.05) is 13.1 Å². The van der Waals surface area contributed by atoms with E-state index in [2.05, 4.69) is 27.8 Å². The van der Waals surface area contributed by atoms with Crippen molar-refractivity contribution < 1.29 is 4.79 Å². The van der Waals surface area contributed by atoms with E-state index in [0.29, 0.717) is 11.6 Å². The molecule has 1 amide bonds. The maximum absolute atomic E-state index is 12.9. The molecule has 4 rings (SSSR count). The van der Waals surface area contributed by atoms with Gasteiger partial charge in [0.15, 0.2) is 5.69 Å². The van der Waals surface area contributed by atoms with Gasteiger partial charge in [-0.25, -0.2) is 0 Å². The quantitative estimate of drug-likeness (QED) is 0.928. The Kier molecular flexibility index (Phi) is 4.78. The fourth-order valence-electron chi connectivity index (χ4n) is 4.01. The number of hydrogen-bond donors (Lipinski definition) is 1. The number of likely N-dealkylation sites (tertiary alicyclic amines) is 1. The molecule has 0 spiro atoms. The number of nitrogens with one attached hydrogen (secondary N) is 1. The lowest BCUT2D eigenvalue weighted by Crippen LogP contribution is -2.32. The molecule has 0 radical (unpaired) electrons. The average Bonchev–Trinajstić information content (AvgIpc) is 3.32. The van der Waals surface area contributed by atoms with Crippen LogP contribution < -0.4 is 5.32 Å². The van der Waals surface area contributed by atoms with Crippen LogP contribution in [-0.2, 0) is 6.54 Å². The molecule has 1 aromatic heterocycles. The van der Waals surface area contributed by atoms with E-state index in [1.165, 1.54) is 18.4 Å². The minimum Gasteiger partial charge on any atom is -0.330 e. The maximum atomic E-state index is 12.9. The maximum Gasteiger partial charge on any atom is 0.276 e. The van der Waals surface area contributed by atoms with Crippen LogP contribution in [0.1, 0.15) is 47.8 Å². The summed E-state index contributed by atoms with van der Waals surface area (Å²) in [6.07, 6.45) is 6.28. The lowest BCUT2D eigenvalue weighted by atomic mass is 10.00. The van der Waals surface area contributed by atoms with E-state index in [1.807, 2.05) is 34.0 Å². The summed E-state index contributed by atoms with van der Waals surface area (Å²) < 4.78 is 1.83. The summed E-state index contributed by atoms with van der Waals surface area (Å²) in [5.41, 5.74) is 1.67. The van der Waals surface area contributed by atoms with Crippen LogP contribution >= 0.6 is 0 Å². The van der Waals surface area contributed by atoms with Gasteiger partial charge < -0.3 is 10.2 Å². The van der Waals surface area contributed by atoms with Crippen LogP contribution in [-0.4, -0.2) is 45.4 Å². The minimum atomic E-state index is -0.000581. The van der Waals surface area contributed by atoms with Gasteiger partial charge >= 0.3 is 0 Å². The minimum absolute atomic E-state index is 0.000581. The second-order valence-corrected chi connectivity index (χ2v) is 7.11. The van der Waals surface area contributed by atoms with Gasteiger partial charge in [0.05, 0.1) is 12.2 Å². The zero-order valence-electron chi connectivity index (χ0n) is 14.5. The van der Waals surface area contributed by atoms with Crippen molar-refractivity contribution in [3.8, 4) is 0 Å². The predicted molar refractivity (Wildman–Crippen MR) is 95.1 cm³/mol. The van der Waals surface area contributed by atoms with E-state index >= 15 is 0 Å². The SMILES string of the molecule is O=C(c1cn(C[C@@H]2CCCNC2)nn1)N1CCC[C@H]1c1ccccc1. The summed E-state index contributed by atoms with van der Waals surface area (Å²) in [4.78, 5) is 14.9. The molecule has 25 heavy (non-hydrogen) atoms. The molecule has 3 heterocycles. The van der Waals surface area contributed by atoms with E-state index < -0.39 is 0 Å². The summed E-state index contributed by atoms with van der Waals surface area (Å²) in [7, 11) is 0. The van der Waals surface area contributed by atoms with Gasteiger partial charge in [0.25, 0.3) is 5.91 Å². The molecule has 6 heteroatoms. The van der Waals surface area contributed by atoms with Gasteiger partial charge in [0.2, 0.25) is 0 Å². The molecule has 6 nitrogen and oxygen atoms in total. The third kappa shape index (κ3) is 3.58. The molecular weight excluding hydrogens is 314 g/mol. The fraction of sp³-hybridized carbons (Fsp3) is 0.526. The number of piperidine rings is 1. The first-order valence-electron chi connectivity index (χ1n) is 9.28. The van der Waals surface area contributed by atoms with E-state index in [0.717, 1.165) is 39.0 Å². The van der Waals surface area contributed by atoms with Gasteiger partial charge in [-0.05, 0) is 50.3 Å². The number of hydrogen-bond acceptors (Lipinski definition) is 4. The molecule has 132 valence electrons. The Morgan fingerprint density at radius 2 is 2.08 bits per heavy atom. The van der Waals surface area contributed by atoms with Crippen LogP contribution in [0.4, 0.5) is 0 Å². The highest BCUT2D eigenvalue weighted by Gasteiger charge is 2.31. The van der Waals surface area contributed by atoms with Crippen molar-refractivity contribution in [2.45, 2.75) is 38.3 Å². The Morgan fingerprint density at radius 3 is 2.88 bits per heavy atom. The Labute approximate surface area is 148 Å². The number of aromatic nitrogens is 3. The number of carbonyl (C=O) groups excluding carboxylic acids is 1. The van der Waals surface area contributed by atoms with Crippen molar-refractivity contribution in [1.29, 1.82) is 0 Å². The molecule has 1 N–H and O–H groups in total. The van der Waals surface area contributed by atoms with Gasteiger partial charge in [-0.3, -0.25) is 9.48 Å². The topological polar surface area (TPSA) is 63.1 Å². The van der Waals surface area contributed by atoms with Gasteiger partial charge in [-0.15, -0.1) is 5.10 Å². The van der Waals surface area contributed by atoms with Gasteiger partial charge in [-0.2, -0.15) is 0 Å². The molecule has 2 fully saturated rings. The molecule has 2 atom stereocenters. The largest absolute Gasteiger partial charge is 0.330 e. The van der Waals surface area contributed by atoms with E-state index in [9.17, 15) is 4.79 Å². The Balaban J connectivity index is 1.45. The normalized spacial score (nSPS) is 23.8. The molecule has 0 bridgehead atoms. The summed E-state index contributed by atoms with van der Waals surface area (Å²) in [6.45, 7) is 3.74. The number of amides is 1. The van der Waals surface area contributed by atoms with E-state index in [1.54, 1.807) is 0 Å². The molecule has 2 aliphatic rings. The third-order valence-electron chi connectivity index (χ3n) is 5.30. The summed E-state index contributed by atoms with van der Waals surface area (Å²) >= 11 is 0. The van der Waals surface area contributed by atoms with E-state index in [-0.39, 0.29) is 11.9 Å². The lowest BCUT2D eigenvalue weighted by Gasteiger charge is -2.24. The second-order valence-electron chi connectivity index (χ2n) is 7.11. The smallest absolute Gasteiger partial charge is 0.276 e.